The van der Waals surface area contributed by atoms with Gasteiger partial charge in [0.2, 0.25) is 0 Å². The van der Waals surface area contributed by atoms with E-state index < -0.39 is 5.82 Å². The van der Waals surface area contributed by atoms with E-state index in [2.05, 4.69) is 0 Å². The number of aliphatic hydroxyl groups excluding tert-OH is 1. The van der Waals surface area contributed by atoms with Gasteiger partial charge in [-0.1, -0.05) is 0 Å². The van der Waals surface area contributed by atoms with Crippen molar-refractivity contribution in [3.05, 3.63) is 29.6 Å². The van der Waals surface area contributed by atoms with E-state index in [-0.39, 0.29) is 24.0 Å². The van der Waals surface area contributed by atoms with Crippen LogP contribution in [-0.4, -0.2) is 42.7 Å². The highest BCUT2D eigenvalue weighted by Gasteiger charge is 2.27. The van der Waals surface area contributed by atoms with Crippen molar-refractivity contribution in [2.75, 3.05) is 26.8 Å². The van der Waals surface area contributed by atoms with Crippen molar-refractivity contribution in [3.63, 3.8) is 0 Å². The molecule has 2 rings (SSSR count). The molecule has 1 fully saturated rings. The van der Waals surface area contributed by atoms with Crippen LogP contribution in [0, 0.1) is 11.7 Å². The second kappa shape index (κ2) is 5.35. The summed E-state index contributed by atoms with van der Waals surface area (Å²) in [5, 5.41) is 9.03. The highest BCUT2D eigenvalue weighted by molar-refractivity contribution is 5.94. The summed E-state index contributed by atoms with van der Waals surface area (Å²) < 4.78 is 18.6. The van der Waals surface area contributed by atoms with E-state index in [1.807, 2.05) is 0 Å². The van der Waals surface area contributed by atoms with Crippen LogP contribution in [0.5, 0.6) is 5.75 Å². The number of rotatable bonds is 3. The normalized spacial score (nSPS) is 19.1. The molecule has 1 aromatic rings. The molecule has 1 atom stereocenters. The van der Waals surface area contributed by atoms with Crippen molar-refractivity contribution in [2.24, 2.45) is 5.92 Å². The SMILES string of the molecule is COc1ccc(C(=O)N2CCC(CO)C2)c(F)c1. The van der Waals surface area contributed by atoms with Crippen LogP contribution in [0.4, 0.5) is 4.39 Å². The Morgan fingerprint density at radius 3 is 2.94 bits per heavy atom. The highest BCUT2D eigenvalue weighted by Crippen LogP contribution is 2.21. The van der Waals surface area contributed by atoms with Crippen LogP contribution in [0.2, 0.25) is 0 Å². The second-order valence-electron chi connectivity index (χ2n) is 4.43. The minimum atomic E-state index is -0.577. The molecule has 0 radical (unpaired) electrons. The van der Waals surface area contributed by atoms with Gasteiger partial charge in [0.1, 0.15) is 11.6 Å². The van der Waals surface area contributed by atoms with Crippen LogP contribution in [0.3, 0.4) is 0 Å². The van der Waals surface area contributed by atoms with Crippen LogP contribution in [0.15, 0.2) is 18.2 Å². The number of carbonyl (C=O) groups is 1. The summed E-state index contributed by atoms with van der Waals surface area (Å²) in [7, 11) is 1.45. The lowest BCUT2D eigenvalue weighted by Gasteiger charge is -2.16. The summed E-state index contributed by atoms with van der Waals surface area (Å²) in [6.45, 7) is 1.12. The van der Waals surface area contributed by atoms with Gasteiger partial charge in [-0.2, -0.15) is 0 Å². The summed E-state index contributed by atoms with van der Waals surface area (Å²) in [5.41, 5.74) is 0.0504. The summed E-state index contributed by atoms with van der Waals surface area (Å²) >= 11 is 0. The molecule has 5 heteroatoms. The molecule has 0 spiro atoms. The quantitative estimate of drug-likeness (QED) is 0.883. The molecule has 1 aliphatic heterocycles. The molecule has 98 valence electrons. The first-order chi connectivity index (χ1) is 8.65. The summed E-state index contributed by atoms with van der Waals surface area (Å²) in [6.07, 6.45) is 0.764. The fourth-order valence-corrected chi connectivity index (χ4v) is 2.13. The summed E-state index contributed by atoms with van der Waals surface area (Å²) in [4.78, 5) is 13.7. The van der Waals surface area contributed by atoms with E-state index in [9.17, 15) is 9.18 Å². The largest absolute Gasteiger partial charge is 0.497 e. The lowest BCUT2D eigenvalue weighted by Crippen LogP contribution is -2.29. The number of halogens is 1. The maximum absolute atomic E-state index is 13.7. The topological polar surface area (TPSA) is 49.8 Å². The van der Waals surface area contributed by atoms with Crippen LogP contribution in [0.1, 0.15) is 16.8 Å². The highest BCUT2D eigenvalue weighted by atomic mass is 19.1. The zero-order chi connectivity index (χ0) is 13.1. The molecule has 1 unspecified atom stereocenters. The van der Waals surface area contributed by atoms with Crippen molar-refractivity contribution in [2.45, 2.75) is 6.42 Å². The molecule has 1 saturated heterocycles. The van der Waals surface area contributed by atoms with Gasteiger partial charge in [-0.05, 0) is 18.6 Å². The maximum atomic E-state index is 13.7. The van der Waals surface area contributed by atoms with E-state index in [0.717, 1.165) is 6.42 Å². The number of benzene rings is 1. The molecule has 0 bridgehead atoms. The molecule has 0 aliphatic carbocycles. The number of amides is 1. The zero-order valence-corrected chi connectivity index (χ0v) is 10.2. The smallest absolute Gasteiger partial charge is 0.256 e. The minimum absolute atomic E-state index is 0.0504. The number of likely N-dealkylation sites (tertiary alicyclic amines) is 1. The molecule has 18 heavy (non-hydrogen) atoms. The van der Waals surface area contributed by atoms with Gasteiger partial charge in [-0.25, -0.2) is 4.39 Å². The van der Waals surface area contributed by atoms with Crippen LogP contribution in [-0.2, 0) is 0 Å². The first-order valence-corrected chi connectivity index (χ1v) is 5.89. The molecule has 0 aromatic heterocycles. The van der Waals surface area contributed by atoms with Crippen molar-refractivity contribution < 1.29 is 19.0 Å². The molecule has 1 aliphatic rings. The molecule has 1 amide bonds. The number of methoxy groups -OCH3 is 1. The van der Waals surface area contributed by atoms with E-state index in [1.165, 1.54) is 19.2 Å². The summed E-state index contributed by atoms with van der Waals surface area (Å²) in [6, 6.07) is 4.20. The molecule has 4 nitrogen and oxygen atoms in total. The molecule has 0 saturated carbocycles. The van der Waals surface area contributed by atoms with Crippen molar-refractivity contribution in [1.82, 2.24) is 4.90 Å². The van der Waals surface area contributed by atoms with Gasteiger partial charge in [-0.15, -0.1) is 0 Å². The lowest BCUT2D eigenvalue weighted by atomic mass is 10.1. The number of carbonyl (C=O) groups excluding carboxylic acids is 1. The Bertz CT molecular complexity index is 450. The average molecular weight is 253 g/mol. The van der Waals surface area contributed by atoms with Gasteiger partial charge >= 0.3 is 0 Å². The minimum Gasteiger partial charge on any atom is -0.497 e. The predicted molar refractivity (Wildman–Crippen MR) is 64.0 cm³/mol. The zero-order valence-electron chi connectivity index (χ0n) is 10.2. The van der Waals surface area contributed by atoms with Crippen molar-refractivity contribution >= 4 is 5.91 Å². The molecule has 1 aromatic carbocycles. The lowest BCUT2D eigenvalue weighted by molar-refractivity contribution is 0.0777. The standard InChI is InChI=1S/C13H16FNO3/c1-18-10-2-3-11(12(14)6-10)13(17)15-5-4-9(7-15)8-16/h2-3,6,9,16H,4-5,7-8H2,1H3. The number of hydrogen-bond donors (Lipinski definition) is 1. The van der Waals surface area contributed by atoms with E-state index in [1.54, 1.807) is 11.0 Å². The first kappa shape index (κ1) is 12.8. The van der Waals surface area contributed by atoms with E-state index in [0.29, 0.717) is 18.8 Å². The number of ether oxygens (including phenoxy) is 1. The number of hydrogen-bond acceptors (Lipinski definition) is 3. The molecule has 1 N–H and O–H groups in total. The average Bonchev–Trinajstić information content (AvgIpc) is 2.86. The van der Waals surface area contributed by atoms with Gasteiger partial charge in [0.15, 0.2) is 0 Å². The van der Waals surface area contributed by atoms with Gasteiger partial charge in [0.05, 0.1) is 12.7 Å². The van der Waals surface area contributed by atoms with Gasteiger partial charge < -0.3 is 14.7 Å². The van der Waals surface area contributed by atoms with Crippen molar-refractivity contribution in [3.8, 4) is 5.75 Å². The van der Waals surface area contributed by atoms with Crippen LogP contribution in [0.25, 0.3) is 0 Å². The predicted octanol–water partition coefficient (Wildman–Crippen LogP) is 1.29. The Labute approximate surface area is 105 Å². The van der Waals surface area contributed by atoms with Gasteiger partial charge in [0, 0.05) is 31.7 Å². The third kappa shape index (κ3) is 2.46. The Hall–Kier alpha value is -1.62. The Balaban J connectivity index is 2.14. The molecular formula is C13H16FNO3. The summed E-state index contributed by atoms with van der Waals surface area (Å²) in [5.74, 6) is -0.410. The van der Waals surface area contributed by atoms with Crippen molar-refractivity contribution in [1.29, 1.82) is 0 Å². The monoisotopic (exact) mass is 253 g/mol. The fourth-order valence-electron chi connectivity index (χ4n) is 2.13. The first-order valence-electron chi connectivity index (χ1n) is 5.89. The van der Waals surface area contributed by atoms with Crippen LogP contribution < -0.4 is 4.74 Å². The maximum Gasteiger partial charge on any atom is 0.256 e. The second-order valence-corrected chi connectivity index (χ2v) is 4.43. The van der Waals surface area contributed by atoms with E-state index >= 15 is 0 Å². The van der Waals surface area contributed by atoms with Crippen LogP contribution >= 0.6 is 0 Å². The third-order valence-corrected chi connectivity index (χ3v) is 3.24. The third-order valence-electron chi connectivity index (χ3n) is 3.24. The molecular weight excluding hydrogens is 237 g/mol. The number of aliphatic hydroxyl groups is 1. The Kier molecular flexibility index (Phi) is 3.81. The fraction of sp³-hybridized carbons (Fsp3) is 0.462. The Morgan fingerprint density at radius 2 is 2.39 bits per heavy atom. The van der Waals surface area contributed by atoms with E-state index in [4.69, 9.17) is 9.84 Å². The number of nitrogens with zero attached hydrogens (tertiary/aromatic N) is 1. The molecule has 1 heterocycles. The van der Waals surface area contributed by atoms with Gasteiger partial charge in [0.25, 0.3) is 5.91 Å². The van der Waals surface area contributed by atoms with Gasteiger partial charge in [-0.3, -0.25) is 4.79 Å². The Morgan fingerprint density at radius 1 is 1.61 bits per heavy atom.